The van der Waals surface area contributed by atoms with Gasteiger partial charge in [0.05, 0.1) is 6.10 Å². The number of halogens is 3. The summed E-state index contributed by atoms with van der Waals surface area (Å²) in [7, 11) is 0. The van der Waals surface area contributed by atoms with Crippen molar-refractivity contribution in [1.29, 1.82) is 0 Å². The molecule has 2 unspecified atom stereocenters. The molecule has 1 saturated carbocycles. The zero-order chi connectivity index (χ0) is 14.5. The molecule has 0 aliphatic heterocycles. The summed E-state index contributed by atoms with van der Waals surface area (Å²) in [5.41, 5.74) is 4.48. The SMILES string of the molecule is CCCNC1(C(N)=O)CCCC(OCC(F)(F)F)C1. The van der Waals surface area contributed by atoms with Gasteiger partial charge in [0.2, 0.25) is 5.91 Å². The third-order valence-electron chi connectivity index (χ3n) is 3.37. The lowest BCUT2D eigenvalue weighted by Crippen LogP contribution is -2.59. The fourth-order valence-corrected chi connectivity index (χ4v) is 2.41. The molecule has 0 aromatic rings. The first kappa shape index (κ1) is 16.2. The first-order chi connectivity index (χ1) is 8.79. The smallest absolute Gasteiger partial charge is 0.369 e. The zero-order valence-electron chi connectivity index (χ0n) is 11.1. The average molecular weight is 282 g/mol. The van der Waals surface area contributed by atoms with Crippen molar-refractivity contribution in [3.8, 4) is 0 Å². The van der Waals surface area contributed by atoms with Gasteiger partial charge in [-0.15, -0.1) is 0 Å². The maximum atomic E-state index is 12.1. The molecule has 7 heteroatoms. The van der Waals surface area contributed by atoms with Crippen molar-refractivity contribution in [3.05, 3.63) is 0 Å². The number of alkyl halides is 3. The normalized spacial score (nSPS) is 28.3. The fourth-order valence-electron chi connectivity index (χ4n) is 2.41. The molecule has 3 N–H and O–H groups in total. The number of nitrogens with two attached hydrogens (primary N) is 1. The number of nitrogens with one attached hydrogen (secondary N) is 1. The molecule has 0 aromatic carbocycles. The molecule has 0 aromatic heterocycles. The van der Waals surface area contributed by atoms with E-state index in [4.69, 9.17) is 10.5 Å². The second kappa shape index (κ2) is 6.56. The Hall–Kier alpha value is -0.820. The van der Waals surface area contributed by atoms with Crippen LogP contribution >= 0.6 is 0 Å². The molecule has 1 aliphatic rings. The molecule has 0 spiro atoms. The Morgan fingerprint density at radius 1 is 1.53 bits per heavy atom. The summed E-state index contributed by atoms with van der Waals surface area (Å²) < 4.78 is 41.3. The van der Waals surface area contributed by atoms with Gasteiger partial charge in [-0.3, -0.25) is 4.79 Å². The van der Waals surface area contributed by atoms with Crippen LogP contribution in [0, 0.1) is 0 Å². The van der Waals surface area contributed by atoms with Gasteiger partial charge in [-0.1, -0.05) is 6.92 Å². The van der Waals surface area contributed by atoms with Crippen LogP contribution in [0.1, 0.15) is 39.0 Å². The topological polar surface area (TPSA) is 64.3 Å². The van der Waals surface area contributed by atoms with E-state index in [-0.39, 0.29) is 6.42 Å². The lowest BCUT2D eigenvalue weighted by atomic mass is 9.79. The molecule has 0 heterocycles. The molecule has 0 bridgehead atoms. The third-order valence-corrected chi connectivity index (χ3v) is 3.37. The molecule has 2 atom stereocenters. The summed E-state index contributed by atoms with van der Waals surface area (Å²) in [5.74, 6) is -0.513. The molecule has 1 aliphatic carbocycles. The van der Waals surface area contributed by atoms with Crippen LogP contribution < -0.4 is 11.1 Å². The van der Waals surface area contributed by atoms with E-state index >= 15 is 0 Å². The summed E-state index contributed by atoms with van der Waals surface area (Å²) in [6, 6.07) is 0. The van der Waals surface area contributed by atoms with Crippen LogP contribution in [0.4, 0.5) is 13.2 Å². The van der Waals surface area contributed by atoms with Crippen LogP contribution in [-0.2, 0) is 9.53 Å². The van der Waals surface area contributed by atoms with Gasteiger partial charge < -0.3 is 15.8 Å². The van der Waals surface area contributed by atoms with Gasteiger partial charge in [0.25, 0.3) is 0 Å². The fraction of sp³-hybridized carbons (Fsp3) is 0.917. The summed E-state index contributed by atoms with van der Waals surface area (Å²) >= 11 is 0. The van der Waals surface area contributed by atoms with Gasteiger partial charge in [0.1, 0.15) is 12.1 Å². The molecule has 0 saturated heterocycles. The minimum Gasteiger partial charge on any atom is -0.369 e. The number of rotatable bonds is 6. The van der Waals surface area contributed by atoms with Crippen molar-refractivity contribution >= 4 is 5.91 Å². The highest BCUT2D eigenvalue weighted by Gasteiger charge is 2.42. The largest absolute Gasteiger partial charge is 0.411 e. The highest BCUT2D eigenvalue weighted by molar-refractivity contribution is 5.84. The van der Waals surface area contributed by atoms with Crippen molar-refractivity contribution in [3.63, 3.8) is 0 Å². The van der Waals surface area contributed by atoms with Crippen molar-refractivity contribution in [2.75, 3.05) is 13.2 Å². The minimum atomic E-state index is -4.34. The lowest BCUT2D eigenvalue weighted by molar-refractivity contribution is -0.190. The van der Waals surface area contributed by atoms with E-state index in [0.29, 0.717) is 25.8 Å². The number of primary amides is 1. The van der Waals surface area contributed by atoms with Crippen LogP contribution in [0.3, 0.4) is 0 Å². The van der Waals surface area contributed by atoms with Gasteiger partial charge in [-0.25, -0.2) is 0 Å². The maximum absolute atomic E-state index is 12.1. The van der Waals surface area contributed by atoms with Crippen molar-refractivity contribution in [2.24, 2.45) is 5.73 Å². The van der Waals surface area contributed by atoms with Crippen LogP contribution in [0.25, 0.3) is 0 Å². The second-order valence-corrected chi connectivity index (χ2v) is 5.02. The minimum absolute atomic E-state index is 0.207. The maximum Gasteiger partial charge on any atom is 0.411 e. The number of carbonyl (C=O) groups excluding carboxylic acids is 1. The van der Waals surface area contributed by atoms with E-state index in [2.05, 4.69) is 5.32 Å². The first-order valence-corrected chi connectivity index (χ1v) is 6.52. The second-order valence-electron chi connectivity index (χ2n) is 5.02. The lowest BCUT2D eigenvalue weighted by Gasteiger charge is -2.39. The molecule has 19 heavy (non-hydrogen) atoms. The van der Waals surface area contributed by atoms with Gasteiger partial charge in [0, 0.05) is 6.42 Å². The Labute approximate surface area is 110 Å². The number of hydrogen-bond acceptors (Lipinski definition) is 3. The number of hydrogen-bond donors (Lipinski definition) is 2. The van der Waals surface area contributed by atoms with E-state index in [0.717, 1.165) is 6.42 Å². The Balaban J connectivity index is 2.61. The highest BCUT2D eigenvalue weighted by atomic mass is 19.4. The number of carbonyl (C=O) groups is 1. The van der Waals surface area contributed by atoms with Gasteiger partial charge >= 0.3 is 6.18 Å². The first-order valence-electron chi connectivity index (χ1n) is 6.52. The van der Waals surface area contributed by atoms with E-state index in [9.17, 15) is 18.0 Å². The van der Waals surface area contributed by atoms with Gasteiger partial charge in [-0.05, 0) is 32.2 Å². The summed E-state index contributed by atoms with van der Waals surface area (Å²) in [4.78, 5) is 11.6. The molecule has 1 amide bonds. The Kier molecular flexibility index (Phi) is 5.61. The predicted molar refractivity (Wildman–Crippen MR) is 64.5 cm³/mol. The van der Waals surface area contributed by atoms with Crippen LogP contribution in [0.2, 0.25) is 0 Å². The molecule has 112 valence electrons. The highest BCUT2D eigenvalue weighted by Crippen LogP contribution is 2.31. The van der Waals surface area contributed by atoms with Crippen LogP contribution in [-0.4, -0.2) is 36.9 Å². The Bertz CT molecular complexity index is 310. The summed E-state index contributed by atoms with van der Waals surface area (Å²) in [6.07, 6.45) is -2.19. The van der Waals surface area contributed by atoms with Crippen LogP contribution in [0.5, 0.6) is 0 Å². The van der Waals surface area contributed by atoms with Crippen molar-refractivity contribution in [1.82, 2.24) is 5.32 Å². The van der Waals surface area contributed by atoms with E-state index in [1.165, 1.54) is 0 Å². The van der Waals surface area contributed by atoms with Gasteiger partial charge in [0.15, 0.2) is 0 Å². The number of amides is 1. The Morgan fingerprint density at radius 3 is 2.74 bits per heavy atom. The van der Waals surface area contributed by atoms with Gasteiger partial charge in [-0.2, -0.15) is 13.2 Å². The molecule has 1 fully saturated rings. The van der Waals surface area contributed by atoms with E-state index in [1.54, 1.807) is 0 Å². The predicted octanol–water partition coefficient (Wildman–Crippen LogP) is 1.73. The van der Waals surface area contributed by atoms with Crippen molar-refractivity contribution < 1.29 is 22.7 Å². The van der Waals surface area contributed by atoms with E-state index in [1.807, 2.05) is 6.92 Å². The standard InChI is InChI=1S/C12H21F3N2O2/c1-2-6-17-11(10(16)18)5-3-4-9(7-11)19-8-12(13,14)15/h9,17H,2-8H2,1H3,(H2,16,18). The molecular weight excluding hydrogens is 261 g/mol. The monoisotopic (exact) mass is 282 g/mol. The van der Waals surface area contributed by atoms with E-state index < -0.39 is 30.3 Å². The van der Waals surface area contributed by atoms with Crippen LogP contribution in [0.15, 0.2) is 0 Å². The average Bonchev–Trinajstić information content (AvgIpc) is 2.33. The third kappa shape index (κ3) is 4.99. The zero-order valence-corrected chi connectivity index (χ0v) is 11.1. The number of ether oxygens (including phenoxy) is 1. The summed E-state index contributed by atoms with van der Waals surface area (Å²) in [6.45, 7) is 1.28. The quantitative estimate of drug-likeness (QED) is 0.780. The molecule has 0 radical (unpaired) electrons. The molecule has 1 rings (SSSR count). The molecule has 4 nitrogen and oxygen atoms in total. The Morgan fingerprint density at radius 2 is 2.21 bits per heavy atom. The van der Waals surface area contributed by atoms with Crippen molar-refractivity contribution in [2.45, 2.75) is 56.8 Å². The molecular formula is C12H21F3N2O2. The summed E-state index contributed by atoms with van der Waals surface area (Å²) in [5, 5.41) is 3.08.